The first-order chi connectivity index (χ1) is 27.6. The van der Waals surface area contributed by atoms with E-state index in [0.717, 1.165) is 33.4 Å². The van der Waals surface area contributed by atoms with Crippen LogP contribution in [0.1, 0.15) is 55.9 Å². The van der Waals surface area contributed by atoms with Crippen LogP contribution in [0, 0.1) is 0 Å². The molecule has 4 aromatic rings. The van der Waals surface area contributed by atoms with Gasteiger partial charge in [0.25, 0.3) is 0 Å². The van der Waals surface area contributed by atoms with Crippen molar-refractivity contribution in [3.05, 3.63) is 130 Å². The minimum absolute atomic E-state index is 0.0520. The van der Waals surface area contributed by atoms with Crippen LogP contribution in [-0.2, 0) is 41.6 Å². The first-order valence-electron chi connectivity index (χ1n) is 19.2. The Morgan fingerprint density at radius 3 is 1.89 bits per heavy atom. The standard InChI is InChI=1S/C44H51ClN4O8/c1-5-54-40(55-6-2)26-49(29(3)4)42(51)38(24-30-20-22-32(45)23-21-30)47-41(50)39(48-44(53)56-27-31-14-8-7-9-15-31)25-46-43(52)57-28-37-35-18-12-10-16-33(35)34-17-11-13-19-36(34)37/h7-23,29,37-40H,5-6,24-28H2,1-4H3,(H,46,52)(H,47,50)(H,48,53). The van der Waals surface area contributed by atoms with Gasteiger partial charge in [0.1, 0.15) is 25.3 Å². The Labute approximate surface area is 339 Å². The largest absolute Gasteiger partial charge is 0.449 e. The second-order valence-electron chi connectivity index (χ2n) is 13.8. The highest BCUT2D eigenvalue weighted by Gasteiger charge is 2.34. The Morgan fingerprint density at radius 2 is 1.30 bits per heavy atom. The monoisotopic (exact) mass is 798 g/mol. The molecule has 2 atom stereocenters. The molecule has 3 N–H and O–H groups in total. The van der Waals surface area contributed by atoms with E-state index in [9.17, 15) is 19.2 Å². The molecule has 0 bridgehead atoms. The van der Waals surface area contributed by atoms with Crippen molar-refractivity contribution >= 4 is 35.6 Å². The van der Waals surface area contributed by atoms with E-state index in [0.29, 0.717) is 18.2 Å². The van der Waals surface area contributed by atoms with E-state index < -0.39 is 42.4 Å². The highest BCUT2D eigenvalue weighted by Crippen LogP contribution is 2.44. The molecule has 302 valence electrons. The Balaban J connectivity index is 1.33. The number of amides is 4. The van der Waals surface area contributed by atoms with Crippen molar-refractivity contribution < 1.29 is 38.1 Å². The van der Waals surface area contributed by atoms with Crippen LogP contribution in [0.2, 0.25) is 5.02 Å². The van der Waals surface area contributed by atoms with Crippen LogP contribution in [0.3, 0.4) is 0 Å². The number of alkyl carbamates (subject to hydrolysis) is 2. The van der Waals surface area contributed by atoms with Crippen LogP contribution < -0.4 is 16.0 Å². The molecular weight excluding hydrogens is 748 g/mol. The molecule has 0 fully saturated rings. The highest BCUT2D eigenvalue weighted by atomic mass is 35.5. The van der Waals surface area contributed by atoms with Gasteiger partial charge in [0.05, 0.1) is 13.1 Å². The van der Waals surface area contributed by atoms with Crippen molar-refractivity contribution in [1.82, 2.24) is 20.9 Å². The van der Waals surface area contributed by atoms with Gasteiger partial charge in [0.2, 0.25) is 11.8 Å². The van der Waals surface area contributed by atoms with Crippen LogP contribution in [-0.4, -0.2) is 86.2 Å². The summed E-state index contributed by atoms with van der Waals surface area (Å²) in [4.78, 5) is 56.5. The number of benzene rings is 4. The lowest BCUT2D eigenvalue weighted by molar-refractivity contribution is -0.163. The number of rotatable bonds is 19. The third kappa shape index (κ3) is 12.0. The fourth-order valence-electron chi connectivity index (χ4n) is 6.72. The van der Waals surface area contributed by atoms with E-state index >= 15 is 0 Å². The average Bonchev–Trinajstić information content (AvgIpc) is 3.53. The lowest BCUT2D eigenvalue weighted by Gasteiger charge is -2.34. The Hall–Kier alpha value is -5.43. The summed E-state index contributed by atoms with van der Waals surface area (Å²) in [6.07, 6.45) is -2.27. The van der Waals surface area contributed by atoms with Gasteiger partial charge in [-0.1, -0.05) is 103 Å². The van der Waals surface area contributed by atoms with E-state index in [2.05, 4.69) is 16.0 Å². The van der Waals surface area contributed by atoms with Crippen LogP contribution in [0.5, 0.6) is 0 Å². The molecule has 0 heterocycles. The predicted molar refractivity (Wildman–Crippen MR) is 218 cm³/mol. The number of nitrogens with one attached hydrogen (secondary N) is 3. The Morgan fingerprint density at radius 1 is 0.702 bits per heavy atom. The number of carbonyl (C=O) groups is 4. The van der Waals surface area contributed by atoms with Crippen molar-refractivity contribution in [2.75, 3.05) is 32.9 Å². The summed E-state index contributed by atoms with van der Waals surface area (Å²) in [6.45, 7) is 7.90. The summed E-state index contributed by atoms with van der Waals surface area (Å²) in [5.74, 6) is -1.30. The first-order valence-corrected chi connectivity index (χ1v) is 19.6. The predicted octanol–water partition coefficient (Wildman–Crippen LogP) is 6.84. The molecule has 0 aromatic heterocycles. The highest BCUT2D eigenvalue weighted by molar-refractivity contribution is 6.30. The van der Waals surface area contributed by atoms with Crippen LogP contribution >= 0.6 is 11.6 Å². The molecule has 57 heavy (non-hydrogen) atoms. The molecule has 12 nitrogen and oxygen atoms in total. The van der Waals surface area contributed by atoms with Gasteiger partial charge in [-0.05, 0) is 73.2 Å². The van der Waals surface area contributed by atoms with Gasteiger partial charge in [-0.2, -0.15) is 0 Å². The maximum atomic E-state index is 14.4. The van der Waals surface area contributed by atoms with Crippen molar-refractivity contribution in [1.29, 1.82) is 0 Å². The zero-order chi connectivity index (χ0) is 40.7. The molecule has 13 heteroatoms. The lowest BCUT2D eigenvalue weighted by atomic mass is 9.98. The third-order valence-electron chi connectivity index (χ3n) is 9.54. The summed E-state index contributed by atoms with van der Waals surface area (Å²) >= 11 is 6.15. The summed E-state index contributed by atoms with van der Waals surface area (Å²) < 4.78 is 22.6. The SMILES string of the molecule is CCOC(CN(C(=O)C(Cc1ccc(Cl)cc1)NC(=O)C(CNC(=O)OCC1c2ccccc2-c2ccccc21)NC(=O)OCc1ccccc1)C(C)C)OCC. The normalized spacial score (nSPS) is 13.0. The van der Waals surface area contributed by atoms with Crippen LogP contribution in [0.15, 0.2) is 103 Å². The topological polar surface area (TPSA) is 145 Å². The van der Waals surface area contributed by atoms with Crippen LogP contribution in [0.25, 0.3) is 11.1 Å². The van der Waals surface area contributed by atoms with Gasteiger partial charge in [-0.15, -0.1) is 0 Å². The summed E-state index contributed by atoms with van der Waals surface area (Å²) in [6, 6.07) is 29.2. The average molecular weight is 799 g/mol. The Bertz CT molecular complexity index is 1890. The second kappa shape index (κ2) is 21.2. The minimum Gasteiger partial charge on any atom is -0.449 e. The zero-order valence-corrected chi connectivity index (χ0v) is 33.5. The number of ether oxygens (including phenoxy) is 4. The smallest absolute Gasteiger partial charge is 0.408 e. The Kier molecular flexibility index (Phi) is 15.9. The van der Waals surface area contributed by atoms with Gasteiger partial charge >= 0.3 is 12.2 Å². The molecule has 1 aliphatic carbocycles. The number of halogens is 1. The molecular formula is C44H51ClN4O8. The molecule has 4 aromatic carbocycles. The fourth-order valence-corrected chi connectivity index (χ4v) is 6.85. The molecule has 5 rings (SSSR count). The van der Waals surface area contributed by atoms with Crippen molar-refractivity contribution in [3.63, 3.8) is 0 Å². The van der Waals surface area contributed by atoms with Crippen molar-refractivity contribution in [3.8, 4) is 11.1 Å². The summed E-state index contributed by atoms with van der Waals surface area (Å²) in [5, 5.41) is 8.57. The third-order valence-corrected chi connectivity index (χ3v) is 9.79. The number of hydrogen-bond acceptors (Lipinski definition) is 8. The molecule has 0 saturated carbocycles. The van der Waals surface area contributed by atoms with E-state index in [1.807, 2.05) is 94.4 Å². The van der Waals surface area contributed by atoms with E-state index in [-0.39, 0.29) is 44.7 Å². The van der Waals surface area contributed by atoms with Gasteiger partial charge in [-0.25, -0.2) is 9.59 Å². The molecule has 1 aliphatic rings. The molecule has 0 aliphatic heterocycles. The van der Waals surface area contributed by atoms with E-state index in [1.165, 1.54) is 0 Å². The molecule has 2 unspecified atom stereocenters. The maximum absolute atomic E-state index is 14.4. The number of fused-ring (bicyclic) bond motifs is 3. The van der Waals surface area contributed by atoms with Gasteiger partial charge in [0, 0.05) is 36.6 Å². The van der Waals surface area contributed by atoms with Gasteiger partial charge in [0.15, 0.2) is 6.29 Å². The van der Waals surface area contributed by atoms with E-state index in [4.69, 9.17) is 30.5 Å². The quantitative estimate of drug-likeness (QED) is 0.0876. The fraction of sp³-hybridized carbons (Fsp3) is 0.364. The summed E-state index contributed by atoms with van der Waals surface area (Å²) in [5.41, 5.74) is 5.74. The first kappa shape index (κ1) is 42.7. The van der Waals surface area contributed by atoms with E-state index in [1.54, 1.807) is 41.3 Å². The molecule has 0 radical (unpaired) electrons. The second-order valence-corrected chi connectivity index (χ2v) is 14.2. The summed E-state index contributed by atoms with van der Waals surface area (Å²) in [7, 11) is 0. The number of carbonyl (C=O) groups excluding carboxylic acids is 4. The minimum atomic E-state index is -1.36. The number of hydrogen-bond donors (Lipinski definition) is 3. The van der Waals surface area contributed by atoms with Crippen LogP contribution in [0.4, 0.5) is 9.59 Å². The maximum Gasteiger partial charge on any atom is 0.408 e. The number of nitrogens with zero attached hydrogens (tertiary/aromatic N) is 1. The molecule has 4 amide bonds. The molecule has 0 spiro atoms. The van der Waals surface area contributed by atoms with Gasteiger partial charge in [-0.3, -0.25) is 9.59 Å². The molecule has 0 saturated heterocycles. The lowest BCUT2D eigenvalue weighted by Crippen LogP contribution is -2.59. The van der Waals surface area contributed by atoms with Crippen molar-refractivity contribution in [2.24, 2.45) is 0 Å². The zero-order valence-electron chi connectivity index (χ0n) is 32.7. The van der Waals surface area contributed by atoms with Crippen molar-refractivity contribution in [2.45, 2.75) is 71.1 Å². The van der Waals surface area contributed by atoms with Gasteiger partial charge < -0.3 is 39.8 Å².